The summed E-state index contributed by atoms with van der Waals surface area (Å²) >= 11 is 0. The van der Waals surface area contributed by atoms with Crippen LogP contribution < -0.4 is 35.5 Å². The Morgan fingerprint density at radius 1 is 0.879 bits per heavy atom. The van der Waals surface area contributed by atoms with Crippen molar-refractivity contribution in [1.82, 2.24) is 34.9 Å². The molecule has 3 amide bonds. The molecule has 4 N–H and O–H groups in total. The van der Waals surface area contributed by atoms with Gasteiger partial charge in [0.2, 0.25) is 17.7 Å². The van der Waals surface area contributed by atoms with Crippen LogP contribution in [0.15, 0.2) is 91.3 Å². The van der Waals surface area contributed by atoms with Crippen LogP contribution >= 0.6 is 0 Å². The standard InChI is InChI=1S/C42H46N10O6/c1-4-5-8-29-26-37(52(50-29)31-11-14-38(56-3)45-27-31)48-42(54)47-35-12-13-36(34-10-7-6-9-33(34)35)58-39-15-16-44-41(49-39)46-30-23-28(24-32(25-30)55-2)40(53)43-17-18-51-19-21-57-22-20-51/h6-7,9-16,23-27H,4-5,8,17-22H2,1-3H3,(H,43,53)(H,44,46,49)(H2,47,48,54). The van der Waals surface area contributed by atoms with Gasteiger partial charge in [0.05, 0.1) is 50.7 Å². The van der Waals surface area contributed by atoms with Gasteiger partial charge in [-0.25, -0.2) is 19.4 Å². The largest absolute Gasteiger partial charge is 0.497 e. The van der Waals surface area contributed by atoms with Gasteiger partial charge in [0, 0.05) is 78.7 Å². The van der Waals surface area contributed by atoms with Crippen LogP contribution in [-0.2, 0) is 11.2 Å². The van der Waals surface area contributed by atoms with E-state index >= 15 is 0 Å². The van der Waals surface area contributed by atoms with Gasteiger partial charge in [-0.05, 0) is 43.2 Å². The summed E-state index contributed by atoms with van der Waals surface area (Å²) in [5.41, 5.74) is 3.11. The number of carbonyl (C=O) groups is 2. The fourth-order valence-corrected chi connectivity index (χ4v) is 6.43. The van der Waals surface area contributed by atoms with Crippen molar-refractivity contribution in [1.29, 1.82) is 0 Å². The molecular weight excluding hydrogens is 741 g/mol. The average molecular weight is 787 g/mol. The predicted molar refractivity (Wildman–Crippen MR) is 221 cm³/mol. The SMILES string of the molecule is CCCCc1cc(NC(=O)Nc2ccc(Oc3ccnc(Nc4cc(OC)cc(C(=O)NCCN5CCOCC5)c4)n3)c3ccccc23)n(-c2ccc(OC)nc2)n1. The van der Waals surface area contributed by atoms with Crippen LogP contribution in [0.4, 0.5) is 27.9 Å². The highest BCUT2D eigenvalue weighted by Crippen LogP contribution is 2.34. The third-order valence-corrected chi connectivity index (χ3v) is 9.42. The molecule has 0 unspecified atom stereocenters. The number of methoxy groups -OCH3 is 2. The number of pyridine rings is 1. The summed E-state index contributed by atoms with van der Waals surface area (Å²) in [7, 11) is 3.10. The molecule has 1 fully saturated rings. The molecule has 0 saturated carbocycles. The Balaban J connectivity index is 1.04. The molecule has 0 aliphatic carbocycles. The molecule has 6 aromatic rings. The minimum atomic E-state index is -0.443. The highest BCUT2D eigenvalue weighted by molar-refractivity contribution is 6.07. The van der Waals surface area contributed by atoms with E-state index in [1.165, 1.54) is 0 Å². The van der Waals surface area contributed by atoms with E-state index in [0.717, 1.165) is 55.4 Å². The van der Waals surface area contributed by atoms with Gasteiger partial charge in [0.1, 0.15) is 17.3 Å². The number of aromatic nitrogens is 5. The second kappa shape index (κ2) is 18.9. The zero-order valence-corrected chi connectivity index (χ0v) is 32.7. The summed E-state index contributed by atoms with van der Waals surface area (Å²) < 4.78 is 24.1. The predicted octanol–water partition coefficient (Wildman–Crippen LogP) is 6.81. The number of carbonyl (C=O) groups excluding carboxylic acids is 2. The first-order chi connectivity index (χ1) is 28.4. The zero-order valence-electron chi connectivity index (χ0n) is 32.7. The number of hydrogen-bond acceptors (Lipinski definition) is 12. The van der Waals surface area contributed by atoms with Crippen molar-refractivity contribution in [2.24, 2.45) is 0 Å². The van der Waals surface area contributed by atoms with Crippen molar-refractivity contribution in [3.05, 3.63) is 103 Å². The van der Waals surface area contributed by atoms with Crippen LogP contribution in [0.2, 0.25) is 0 Å². The van der Waals surface area contributed by atoms with Crippen LogP contribution in [0.3, 0.4) is 0 Å². The first-order valence-corrected chi connectivity index (χ1v) is 19.1. The summed E-state index contributed by atoms with van der Waals surface area (Å²) in [5, 5.41) is 18.4. The number of nitrogens with zero attached hydrogens (tertiary/aromatic N) is 6. The lowest BCUT2D eigenvalue weighted by atomic mass is 10.1. The summed E-state index contributed by atoms with van der Waals surface area (Å²) in [6.45, 7) is 6.48. The van der Waals surface area contributed by atoms with E-state index in [1.807, 2.05) is 36.4 Å². The number of benzene rings is 3. The Hall–Kier alpha value is -6.78. The molecule has 3 aromatic carbocycles. The Bertz CT molecular complexity index is 2350. The number of hydrogen-bond donors (Lipinski definition) is 4. The Morgan fingerprint density at radius 2 is 1.72 bits per heavy atom. The summed E-state index contributed by atoms with van der Waals surface area (Å²) in [5.74, 6) is 2.32. The van der Waals surface area contributed by atoms with Gasteiger partial charge in [0.25, 0.3) is 5.91 Å². The number of amides is 3. The first-order valence-electron chi connectivity index (χ1n) is 19.1. The van der Waals surface area contributed by atoms with Crippen LogP contribution in [0.5, 0.6) is 23.3 Å². The second-order valence-corrected chi connectivity index (χ2v) is 13.4. The molecule has 300 valence electrons. The number of aryl methyl sites for hydroxylation is 1. The normalized spacial score (nSPS) is 12.8. The molecule has 16 heteroatoms. The van der Waals surface area contributed by atoms with Crippen LogP contribution in [0.1, 0.15) is 35.8 Å². The highest BCUT2D eigenvalue weighted by atomic mass is 16.5. The number of rotatable bonds is 16. The lowest BCUT2D eigenvalue weighted by Gasteiger charge is -2.26. The lowest BCUT2D eigenvalue weighted by Crippen LogP contribution is -2.41. The van der Waals surface area contributed by atoms with E-state index in [1.54, 1.807) is 73.8 Å². The zero-order chi connectivity index (χ0) is 40.3. The van der Waals surface area contributed by atoms with E-state index in [2.05, 4.69) is 48.0 Å². The van der Waals surface area contributed by atoms with E-state index in [-0.39, 0.29) is 17.7 Å². The maximum atomic E-state index is 13.5. The van der Waals surface area contributed by atoms with Crippen LogP contribution in [0, 0.1) is 0 Å². The van der Waals surface area contributed by atoms with Crippen molar-refractivity contribution in [2.75, 3.05) is 69.6 Å². The topological polar surface area (TPSA) is 179 Å². The molecule has 58 heavy (non-hydrogen) atoms. The Kier molecular flexibility index (Phi) is 12.9. The van der Waals surface area contributed by atoms with E-state index in [4.69, 9.17) is 24.0 Å². The number of fused-ring (bicyclic) bond motifs is 1. The molecular formula is C42H46N10O6. The van der Waals surface area contributed by atoms with Crippen LogP contribution in [0.25, 0.3) is 16.5 Å². The molecule has 4 heterocycles. The van der Waals surface area contributed by atoms with Gasteiger partial charge in [-0.3, -0.25) is 15.0 Å². The van der Waals surface area contributed by atoms with Gasteiger partial charge in [-0.2, -0.15) is 10.1 Å². The Morgan fingerprint density at radius 3 is 2.50 bits per heavy atom. The molecule has 1 aliphatic heterocycles. The minimum Gasteiger partial charge on any atom is -0.497 e. The molecule has 1 aliphatic rings. The summed E-state index contributed by atoms with van der Waals surface area (Å²) in [4.78, 5) is 42.1. The molecule has 3 aromatic heterocycles. The van der Waals surface area contributed by atoms with Gasteiger partial charge in [-0.1, -0.05) is 37.6 Å². The summed E-state index contributed by atoms with van der Waals surface area (Å²) in [6, 6.07) is 23.0. The molecule has 0 bridgehead atoms. The van der Waals surface area contributed by atoms with Crippen molar-refractivity contribution >= 4 is 45.9 Å². The van der Waals surface area contributed by atoms with Gasteiger partial charge >= 0.3 is 6.03 Å². The number of ether oxygens (including phenoxy) is 4. The fraction of sp³-hybridized carbons (Fsp3) is 0.286. The molecule has 1 saturated heterocycles. The third-order valence-electron chi connectivity index (χ3n) is 9.42. The number of nitrogens with one attached hydrogen (secondary N) is 4. The van der Waals surface area contributed by atoms with E-state index in [0.29, 0.717) is 65.6 Å². The van der Waals surface area contributed by atoms with Crippen molar-refractivity contribution in [3.63, 3.8) is 0 Å². The average Bonchev–Trinajstić information content (AvgIpc) is 3.66. The van der Waals surface area contributed by atoms with Gasteiger partial charge in [-0.15, -0.1) is 0 Å². The third kappa shape index (κ3) is 9.96. The maximum absolute atomic E-state index is 13.5. The molecule has 0 radical (unpaired) electrons. The Labute approximate surface area is 335 Å². The van der Waals surface area contributed by atoms with Gasteiger partial charge in [0.15, 0.2) is 0 Å². The molecule has 0 atom stereocenters. The summed E-state index contributed by atoms with van der Waals surface area (Å²) in [6.07, 6.45) is 5.98. The second-order valence-electron chi connectivity index (χ2n) is 13.4. The highest BCUT2D eigenvalue weighted by Gasteiger charge is 2.17. The van der Waals surface area contributed by atoms with E-state index < -0.39 is 6.03 Å². The van der Waals surface area contributed by atoms with E-state index in [9.17, 15) is 9.59 Å². The van der Waals surface area contributed by atoms with Crippen molar-refractivity contribution < 1.29 is 28.5 Å². The van der Waals surface area contributed by atoms with Crippen LogP contribution in [-0.4, -0.2) is 95.2 Å². The number of morpholine rings is 1. The monoisotopic (exact) mass is 786 g/mol. The fourth-order valence-electron chi connectivity index (χ4n) is 6.43. The number of urea groups is 1. The molecule has 0 spiro atoms. The lowest BCUT2D eigenvalue weighted by molar-refractivity contribution is 0.0383. The first kappa shape index (κ1) is 39.5. The molecule has 7 rings (SSSR count). The smallest absolute Gasteiger partial charge is 0.324 e. The van der Waals surface area contributed by atoms with Crippen molar-refractivity contribution in [2.45, 2.75) is 26.2 Å². The minimum absolute atomic E-state index is 0.218. The van der Waals surface area contributed by atoms with Gasteiger partial charge < -0.3 is 34.9 Å². The number of anilines is 4. The van der Waals surface area contributed by atoms with Crippen molar-refractivity contribution in [3.8, 4) is 28.9 Å². The number of unbranched alkanes of at least 4 members (excludes halogenated alkanes) is 1. The quantitative estimate of drug-likeness (QED) is 0.0807. The maximum Gasteiger partial charge on any atom is 0.324 e. The molecule has 16 nitrogen and oxygen atoms in total.